The normalized spacial score (nSPS) is 18.7. The molecule has 0 bridgehead atoms. The van der Waals surface area contributed by atoms with Crippen LogP contribution in [0.1, 0.15) is 29.6 Å². The number of aromatic hydroxyl groups is 1. The highest BCUT2D eigenvalue weighted by molar-refractivity contribution is 5.97. The molecule has 0 aliphatic carbocycles. The van der Waals surface area contributed by atoms with Crippen LogP contribution >= 0.6 is 0 Å². The molecule has 0 saturated carbocycles. The van der Waals surface area contributed by atoms with Crippen LogP contribution in [0.25, 0.3) is 0 Å². The Morgan fingerprint density at radius 3 is 2.95 bits per heavy atom. The average molecular weight is 260 g/mol. The Balaban J connectivity index is 2.26. The molecule has 1 saturated heterocycles. The van der Waals surface area contributed by atoms with Crippen molar-refractivity contribution in [1.82, 2.24) is 4.90 Å². The molecule has 0 spiro atoms. The van der Waals surface area contributed by atoms with E-state index in [9.17, 15) is 9.90 Å². The fourth-order valence-corrected chi connectivity index (χ4v) is 2.28. The highest BCUT2D eigenvalue weighted by Crippen LogP contribution is 2.27. The van der Waals surface area contributed by atoms with E-state index in [1.165, 1.54) is 24.1 Å². The third kappa shape index (κ3) is 2.63. The number of hydrogen-bond acceptors (Lipinski definition) is 4. The lowest BCUT2D eigenvalue weighted by atomic mass is 10.0. The predicted molar refractivity (Wildman–Crippen MR) is 68.9 cm³/mol. The largest absolute Gasteiger partial charge is 0.507 e. The van der Waals surface area contributed by atoms with Gasteiger partial charge in [-0.3, -0.25) is 4.79 Å². The Morgan fingerprint density at radius 1 is 1.53 bits per heavy atom. The summed E-state index contributed by atoms with van der Waals surface area (Å²) in [6, 6.07) is 6.30. The number of likely N-dealkylation sites (tertiary alicyclic amines) is 1. The third-order valence-corrected chi connectivity index (χ3v) is 3.35. The van der Waals surface area contributed by atoms with Crippen LogP contribution in [0.3, 0.4) is 0 Å². The summed E-state index contributed by atoms with van der Waals surface area (Å²) < 4.78 is 4.98. The molecule has 1 aliphatic rings. The fourth-order valence-electron chi connectivity index (χ4n) is 2.28. The van der Waals surface area contributed by atoms with Crippen molar-refractivity contribution in [3.8, 4) is 17.6 Å². The maximum Gasteiger partial charge on any atom is 0.258 e. The van der Waals surface area contributed by atoms with Crippen LogP contribution in [0.2, 0.25) is 0 Å². The number of benzene rings is 1. The zero-order valence-corrected chi connectivity index (χ0v) is 10.8. The summed E-state index contributed by atoms with van der Waals surface area (Å²) in [6.45, 7) is 0.558. The SMILES string of the molecule is COc1ccc(C(=O)N2CCCCC2C#N)c(O)c1. The van der Waals surface area contributed by atoms with Crippen molar-refractivity contribution in [2.45, 2.75) is 25.3 Å². The number of nitrogens with zero attached hydrogens (tertiary/aromatic N) is 2. The molecule has 2 rings (SSSR count). The van der Waals surface area contributed by atoms with Crippen molar-refractivity contribution in [3.63, 3.8) is 0 Å². The average Bonchev–Trinajstić information content (AvgIpc) is 2.46. The number of rotatable bonds is 2. The summed E-state index contributed by atoms with van der Waals surface area (Å²) in [5.74, 6) is 0.0718. The minimum atomic E-state index is -0.400. The van der Waals surface area contributed by atoms with Gasteiger partial charge in [0.1, 0.15) is 17.5 Å². The topological polar surface area (TPSA) is 73.6 Å². The number of methoxy groups -OCH3 is 1. The van der Waals surface area contributed by atoms with Crippen LogP contribution in [0.5, 0.6) is 11.5 Å². The first-order valence-electron chi connectivity index (χ1n) is 6.25. The van der Waals surface area contributed by atoms with Gasteiger partial charge >= 0.3 is 0 Å². The van der Waals surface area contributed by atoms with Gasteiger partial charge < -0.3 is 14.7 Å². The van der Waals surface area contributed by atoms with Gasteiger partial charge in [0, 0.05) is 12.6 Å². The second kappa shape index (κ2) is 5.61. The number of amides is 1. The van der Waals surface area contributed by atoms with E-state index in [0.717, 1.165) is 12.8 Å². The van der Waals surface area contributed by atoms with E-state index in [2.05, 4.69) is 6.07 Å². The van der Waals surface area contributed by atoms with Crippen LogP contribution in [0.4, 0.5) is 0 Å². The molecule has 1 heterocycles. The minimum Gasteiger partial charge on any atom is -0.507 e. The van der Waals surface area contributed by atoms with E-state index in [-0.39, 0.29) is 17.2 Å². The summed E-state index contributed by atoms with van der Waals surface area (Å²) in [5, 5.41) is 19.0. The third-order valence-electron chi connectivity index (χ3n) is 3.35. The van der Waals surface area contributed by atoms with Gasteiger partial charge in [0.05, 0.1) is 18.7 Å². The van der Waals surface area contributed by atoms with Gasteiger partial charge in [0.25, 0.3) is 5.91 Å². The van der Waals surface area contributed by atoms with E-state index >= 15 is 0 Å². The summed E-state index contributed by atoms with van der Waals surface area (Å²) in [6.07, 6.45) is 2.54. The zero-order valence-electron chi connectivity index (χ0n) is 10.8. The van der Waals surface area contributed by atoms with E-state index in [1.807, 2.05) is 0 Å². The second-order valence-corrected chi connectivity index (χ2v) is 4.52. The van der Waals surface area contributed by atoms with Crippen molar-refractivity contribution >= 4 is 5.91 Å². The quantitative estimate of drug-likeness (QED) is 0.881. The van der Waals surface area contributed by atoms with Gasteiger partial charge in [-0.25, -0.2) is 0 Å². The molecule has 19 heavy (non-hydrogen) atoms. The molecule has 5 nitrogen and oxygen atoms in total. The summed E-state index contributed by atoms with van der Waals surface area (Å²) in [7, 11) is 1.49. The Hall–Kier alpha value is -2.22. The molecule has 100 valence electrons. The molecular weight excluding hydrogens is 244 g/mol. The first kappa shape index (κ1) is 13.2. The molecule has 1 unspecified atom stereocenters. The fraction of sp³-hybridized carbons (Fsp3) is 0.429. The molecule has 1 aromatic rings. The van der Waals surface area contributed by atoms with Gasteiger partial charge in [-0.1, -0.05) is 0 Å². The Bertz CT molecular complexity index is 522. The molecule has 0 aromatic heterocycles. The Labute approximate surface area is 112 Å². The van der Waals surface area contributed by atoms with Crippen molar-refractivity contribution in [3.05, 3.63) is 23.8 Å². The van der Waals surface area contributed by atoms with Gasteiger partial charge in [0.2, 0.25) is 0 Å². The highest BCUT2D eigenvalue weighted by atomic mass is 16.5. The van der Waals surface area contributed by atoms with Crippen LogP contribution in [-0.2, 0) is 0 Å². The van der Waals surface area contributed by atoms with Crippen LogP contribution < -0.4 is 4.74 Å². The summed E-state index contributed by atoms with van der Waals surface area (Å²) in [4.78, 5) is 13.9. The Kier molecular flexibility index (Phi) is 3.91. The first-order chi connectivity index (χ1) is 9.17. The van der Waals surface area contributed by atoms with Crippen molar-refractivity contribution in [2.75, 3.05) is 13.7 Å². The smallest absolute Gasteiger partial charge is 0.258 e. The van der Waals surface area contributed by atoms with Crippen molar-refractivity contribution in [1.29, 1.82) is 5.26 Å². The van der Waals surface area contributed by atoms with Gasteiger partial charge in [-0.15, -0.1) is 0 Å². The number of piperidine rings is 1. The number of carbonyl (C=O) groups is 1. The molecule has 0 radical (unpaired) electrons. The van der Waals surface area contributed by atoms with E-state index in [0.29, 0.717) is 18.7 Å². The Morgan fingerprint density at radius 2 is 2.32 bits per heavy atom. The van der Waals surface area contributed by atoms with Crippen LogP contribution in [0.15, 0.2) is 18.2 Å². The lowest BCUT2D eigenvalue weighted by Gasteiger charge is -2.31. The minimum absolute atomic E-state index is 0.119. The number of phenolic OH excluding ortho intramolecular Hbond substituents is 1. The van der Waals surface area contributed by atoms with Gasteiger partial charge in [-0.2, -0.15) is 5.26 Å². The number of ether oxygens (including phenoxy) is 1. The number of carbonyl (C=O) groups excluding carboxylic acids is 1. The maximum absolute atomic E-state index is 12.4. The molecule has 1 amide bonds. The first-order valence-corrected chi connectivity index (χ1v) is 6.25. The van der Waals surface area contributed by atoms with Crippen LogP contribution in [0, 0.1) is 11.3 Å². The summed E-state index contributed by atoms with van der Waals surface area (Å²) >= 11 is 0. The van der Waals surface area contributed by atoms with E-state index in [4.69, 9.17) is 10.00 Å². The lowest BCUT2D eigenvalue weighted by molar-refractivity contribution is 0.0667. The number of hydrogen-bond donors (Lipinski definition) is 1. The monoisotopic (exact) mass is 260 g/mol. The second-order valence-electron chi connectivity index (χ2n) is 4.52. The molecule has 1 aromatic carbocycles. The van der Waals surface area contributed by atoms with Crippen molar-refractivity contribution < 1.29 is 14.6 Å². The number of phenols is 1. The van der Waals surface area contributed by atoms with E-state index < -0.39 is 6.04 Å². The molecule has 1 aliphatic heterocycles. The maximum atomic E-state index is 12.4. The van der Waals surface area contributed by atoms with Crippen LogP contribution in [-0.4, -0.2) is 35.6 Å². The van der Waals surface area contributed by atoms with E-state index in [1.54, 1.807) is 6.07 Å². The van der Waals surface area contributed by atoms with Crippen molar-refractivity contribution in [2.24, 2.45) is 0 Å². The molecule has 1 N–H and O–H groups in total. The van der Waals surface area contributed by atoms with Gasteiger partial charge in [0.15, 0.2) is 0 Å². The molecule has 1 atom stereocenters. The lowest BCUT2D eigenvalue weighted by Crippen LogP contribution is -2.42. The molecular formula is C14H16N2O3. The van der Waals surface area contributed by atoms with Gasteiger partial charge in [-0.05, 0) is 31.4 Å². The predicted octanol–water partition coefficient (Wildman–Crippen LogP) is 1.92. The molecule has 5 heteroatoms. The number of nitriles is 1. The highest BCUT2D eigenvalue weighted by Gasteiger charge is 2.28. The zero-order chi connectivity index (χ0) is 13.8. The molecule has 1 fully saturated rings. The standard InChI is InChI=1S/C14H16N2O3/c1-19-11-5-6-12(13(17)8-11)14(18)16-7-3-2-4-10(16)9-15/h5-6,8,10,17H,2-4,7H2,1H3. The summed E-state index contributed by atoms with van der Waals surface area (Å²) in [5.41, 5.74) is 0.211.